The van der Waals surface area contributed by atoms with Crippen molar-refractivity contribution < 1.29 is 28.6 Å². The Kier molecular flexibility index (Phi) is 61.7. The van der Waals surface area contributed by atoms with Gasteiger partial charge in [0.2, 0.25) is 0 Å². The zero-order valence-electron chi connectivity index (χ0n) is 50.3. The minimum Gasteiger partial charge on any atom is -0.462 e. The van der Waals surface area contributed by atoms with Gasteiger partial charge >= 0.3 is 17.9 Å². The molecule has 0 radical (unpaired) electrons. The third-order valence-corrected chi connectivity index (χ3v) is 14.8. The van der Waals surface area contributed by atoms with E-state index in [1.807, 2.05) is 0 Å². The van der Waals surface area contributed by atoms with Gasteiger partial charge < -0.3 is 14.2 Å². The lowest BCUT2D eigenvalue weighted by Gasteiger charge is -2.18. The third kappa shape index (κ3) is 62.1. The van der Waals surface area contributed by atoms with Crippen LogP contribution in [0.5, 0.6) is 0 Å². The number of carbonyl (C=O) groups is 3. The number of esters is 3. The highest BCUT2D eigenvalue weighted by Crippen LogP contribution is 2.18. The van der Waals surface area contributed by atoms with Crippen molar-refractivity contribution in [2.45, 2.75) is 361 Å². The van der Waals surface area contributed by atoms with Crippen LogP contribution in [0.4, 0.5) is 0 Å². The molecule has 0 fully saturated rings. The Morgan fingerprint density at radius 2 is 0.520 bits per heavy atom. The van der Waals surface area contributed by atoms with Gasteiger partial charge in [-0.2, -0.15) is 0 Å². The van der Waals surface area contributed by atoms with Crippen molar-refractivity contribution in [3.8, 4) is 0 Å². The van der Waals surface area contributed by atoms with E-state index in [2.05, 4.69) is 69.4 Å². The zero-order valence-corrected chi connectivity index (χ0v) is 50.3. The molecule has 0 aromatic heterocycles. The Morgan fingerprint density at radius 3 is 0.813 bits per heavy atom. The molecule has 0 N–H and O–H groups in total. The van der Waals surface area contributed by atoms with Crippen molar-refractivity contribution in [2.24, 2.45) is 0 Å². The van der Waals surface area contributed by atoms with Crippen molar-refractivity contribution in [1.29, 1.82) is 0 Å². The van der Waals surface area contributed by atoms with Gasteiger partial charge in [0.25, 0.3) is 0 Å². The Bertz CT molecular complexity index is 1300. The highest BCUT2D eigenvalue weighted by Gasteiger charge is 2.19. The monoisotopic (exact) mass is 1050 g/mol. The standard InChI is InChI=1S/C69H126O6/c1-4-7-10-13-16-19-21-23-25-27-29-31-33-34-36-37-39-41-43-45-47-50-53-56-59-62-68(71)74-65-66(64-73-67(70)61-58-55-52-49-18-15-12-9-6-3)75-69(72)63-60-57-54-51-48-46-44-42-40-38-35-32-30-28-26-24-22-20-17-14-11-8-5-2/h8,11,17,20,24,26,30,32,66H,4-7,9-10,12-16,18-19,21-23,25,27-29,31,33-65H2,1-3H3/b11-8-,20-17-,26-24-,32-30-. The summed E-state index contributed by atoms with van der Waals surface area (Å²) in [6.45, 7) is 6.56. The number of hydrogen-bond donors (Lipinski definition) is 0. The van der Waals surface area contributed by atoms with Gasteiger partial charge in [-0.15, -0.1) is 0 Å². The summed E-state index contributed by atoms with van der Waals surface area (Å²) in [6.07, 6.45) is 80.0. The summed E-state index contributed by atoms with van der Waals surface area (Å²) in [5, 5.41) is 0. The molecule has 0 saturated heterocycles. The van der Waals surface area contributed by atoms with Crippen LogP contribution in [-0.2, 0) is 28.6 Å². The van der Waals surface area contributed by atoms with Gasteiger partial charge in [-0.25, -0.2) is 0 Å². The normalized spacial score (nSPS) is 12.3. The Balaban J connectivity index is 4.15. The van der Waals surface area contributed by atoms with E-state index >= 15 is 0 Å². The molecule has 6 nitrogen and oxygen atoms in total. The molecule has 1 unspecified atom stereocenters. The van der Waals surface area contributed by atoms with E-state index in [0.29, 0.717) is 19.3 Å². The lowest BCUT2D eigenvalue weighted by Crippen LogP contribution is -2.30. The van der Waals surface area contributed by atoms with Crippen LogP contribution in [0.25, 0.3) is 0 Å². The molecule has 438 valence electrons. The van der Waals surface area contributed by atoms with Crippen LogP contribution >= 0.6 is 0 Å². The number of allylic oxidation sites excluding steroid dienone is 8. The molecule has 6 heteroatoms. The lowest BCUT2D eigenvalue weighted by molar-refractivity contribution is -0.167. The summed E-state index contributed by atoms with van der Waals surface area (Å²) in [6, 6.07) is 0. The van der Waals surface area contributed by atoms with Gasteiger partial charge in [-0.05, 0) is 57.8 Å². The van der Waals surface area contributed by atoms with Crippen molar-refractivity contribution in [3.05, 3.63) is 48.6 Å². The van der Waals surface area contributed by atoms with Gasteiger partial charge in [0.15, 0.2) is 6.10 Å². The van der Waals surface area contributed by atoms with Crippen molar-refractivity contribution in [2.75, 3.05) is 13.2 Å². The second-order valence-electron chi connectivity index (χ2n) is 22.4. The molecule has 0 aliphatic carbocycles. The van der Waals surface area contributed by atoms with Crippen LogP contribution in [0.2, 0.25) is 0 Å². The number of hydrogen-bond acceptors (Lipinski definition) is 6. The van der Waals surface area contributed by atoms with E-state index in [4.69, 9.17) is 14.2 Å². The first-order valence-electron chi connectivity index (χ1n) is 33.1. The van der Waals surface area contributed by atoms with Crippen molar-refractivity contribution >= 4 is 17.9 Å². The molecule has 0 aliphatic rings. The van der Waals surface area contributed by atoms with Gasteiger partial charge in [0.05, 0.1) is 0 Å². The van der Waals surface area contributed by atoms with Crippen LogP contribution in [-0.4, -0.2) is 37.2 Å². The lowest BCUT2D eigenvalue weighted by atomic mass is 10.0. The van der Waals surface area contributed by atoms with E-state index in [1.54, 1.807) is 0 Å². The number of rotatable bonds is 61. The number of unbranched alkanes of at least 4 members (excludes halogenated alkanes) is 42. The average molecular weight is 1050 g/mol. The first kappa shape index (κ1) is 72.4. The molecule has 1 atom stereocenters. The SMILES string of the molecule is CC/C=C\C/C=C\C/C=C\C/C=C\CCCCCCCCCCCCC(=O)OC(COC(=O)CCCCCCCCCCC)COC(=O)CCCCCCCCCCCCCCCCCCCCCCCCCCC. The van der Waals surface area contributed by atoms with Gasteiger partial charge in [-0.1, -0.05) is 326 Å². The molecule has 0 aliphatic heterocycles. The van der Waals surface area contributed by atoms with Crippen LogP contribution < -0.4 is 0 Å². The zero-order chi connectivity index (χ0) is 54.3. The first-order valence-corrected chi connectivity index (χ1v) is 33.1. The minimum atomic E-state index is -0.772. The van der Waals surface area contributed by atoms with Crippen LogP contribution in [0, 0.1) is 0 Å². The maximum atomic E-state index is 12.9. The Hall–Kier alpha value is -2.63. The maximum absolute atomic E-state index is 12.9. The fourth-order valence-corrected chi connectivity index (χ4v) is 9.91. The summed E-state index contributed by atoms with van der Waals surface area (Å²) < 4.78 is 16.9. The van der Waals surface area contributed by atoms with Crippen LogP contribution in [0.1, 0.15) is 355 Å². The van der Waals surface area contributed by atoms with Gasteiger partial charge in [-0.3, -0.25) is 14.4 Å². The fraction of sp³-hybridized carbons (Fsp3) is 0.841. The summed E-state index contributed by atoms with van der Waals surface area (Å²) in [7, 11) is 0. The van der Waals surface area contributed by atoms with E-state index in [0.717, 1.165) is 83.5 Å². The first-order chi connectivity index (χ1) is 37.0. The molecule has 0 spiro atoms. The third-order valence-electron chi connectivity index (χ3n) is 14.8. The van der Waals surface area contributed by atoms with E-state index in [-0.39, 0.29) is 31.1 Å². The maximum Gasteiger partial charge on any atom is 0.306 e. The molecule has 0 heterocycles. The molecule has 0 bridgehead atoms. The van der Waals surface area contributed by atoms with Gasteiger partial charge in [0.1, 0.15) is 13.2 Å². The fourth-order valence-electron chi connectivity index (χ4n) is 9.91. The molecule has 0 aromatic carbocycles. The van der Waals surface area contributed by atoms with Crippen LogP contribution in [0.15, 0.2) is 48.6 Å². The van der Waals surface area contributed by atoms with Crippen molar-refractivity contribution in [1.82, 2.24) is 0 Å². The minimum absolute atomic E-state index is 0.0697. The quantitative estimate of drug-likeness (QED) is 0.0261. The van der Waals surface area contributed by atoms with Gasteiger partial charge in [0, 0.05) is 19.3 Å². The largest absolute Gasteiger partial charge is 0.462 e. The van der Waals surface area contributed by atoms with Crippen LogP contribution in [0.3, 0.4) is 0 Å². The smallest absolute Gasteiger partial charge is 0.306 e. The molecular formula is C69H126O6. The Labute approximate surface area is 467 Å². The second-order valence-corrected chi connectivity index (χ2v) is 22.4. The molecule has 0 rings (SSSR count). The van der Waals surface area contributed by atoms with E-state index in [1.165, 1.54) is 231 Å². The predicted octanol–water partition coefficient (Wildman–Crippen LogP) is 22.6. The van der Waals surface area contributed by atoms with E-state index in [9.17, 15) is 14.4 Å². The van der Waals surface area contributed by atoms with E-state index < -0.39 is 6.10 Å². The molecule has 0 aromatic rings. The number of ether oxygens (including phenoxy) is 3. The topological polar surface area (TPSA) is 78.9 Å². The summed E-state index contributed by atoms with van der Waals surface area (Å²) >= 11 is 0. The predicted molar refractivity (Wildman–Crippen MR) is 325 cm³/mol. The van der Waals surface area contributed by atoms with Crippen molar-refractivity contribution in [3.63, 3.8) is 0 Å². The number of carbonyl (C=O) groups excluding carboxylic acids is 3. The molecule has 0 amide bonds. The molecule has 0 saturated carbocycles. The Morgan fingerprint density at radius 1 is 0.280 bits per heavy atom. The summed E-state index contributed by atoms with van der Waals surface area (Å²) in [4.78, 5) is 38.2. The average Bonchev–Trinajstić information content (AvgIpc) is 3.41. The highest BCUT2D eigenvalue weighted by atomic mass is 16.6. The molecule has 75 heavy (non-hydrogen) atoms. The summed E-state index contributed by atoms with van der Waals surface area (Å²) in [5.74, 6) is -0.855. The highest BCUT2D eigenvalue weighted by molar-refractivity contribution is 5.71. The second kappa shape index (κ2) is 63.9. The summed E-state index contributed by atoms with van der Waals surface area (Å²) in [5.41, 5.74) is 0. The molecular weight excluding hydrogens is 925 g/mol.